The number of aromatic carboxylic acids is 1. The Balaban J connectivity index is 2.20. The highest BCUT2D eigenvalue weighted by atomic mass is 16.5. The Kier molecular flexibility index (Phi) is 3.05. The van der Waals surface area contributed by atoms with Crippen molar-refractivity contribution in [3.05, 3.63) is 53.7 Å². The summed E-state index contributed by atoms with van der Waals surface area (Å²) >= 11 is 0. The summed E-state index contributed by atoms with van der Waals surface area (Å²) in [5.41, 5.74) is 1.14. The van der Waals surface area contributed by atoms with Crippen LogP contribution in [-0.2, 0) is 0 Å². The number of carbonyl (C=O) groups is 1. The maximum Gasteiger partial charge on any atom is 0.337 e. The summed E-state index contributed by atoms with van der Waals surface area (Å²) in [6, 6.07) is 10.6. The Morgan fingerprint density at radius 2 is 2.00 bits per heavy atom. The van der Waals surface area contributed by atoms with E-state index in [1.54, 1.807) is 0 Å². The molecule has 1 aromatic heterocycles. The zero-order valence-corrected chi connectivity index (χ0v) is 9.25. The van der Waals surface area contributed by atoms with Crippen molar-refractivity contribution in [2.45, 2.75) is 6.92 Å². The summed E-state index contributed by atoms with van der Waals surface area (Å²) in [7, 11) is 0. The third-order valence-electron chi connectivity index (χ3n) is 2.29. The number of benzene rings is 1. The number of aromatic nitrogens is 1. The van der Waals surface area contributed by atoms with Crippen LogP contribution >= 0.6 is 0 Å². The molecule has 0 amide bonds. The van der Waals surface area contributed by atoms with Gasteiger partial charge in [0.25, 0.3) is 0 Å². The number of aryl methyl sites for hydroxylation is 1. The summed E-state index contributed by atoms with van der Waals surface area (Å²) in [6.45, 7) is 1.93. The number of pyridine rings is 1. The van der Waals surface area contributed by atoms with Gasteiger partial charge in [0.15, 0.2) is 0 Å². The minimum atomic E-state index is -1.00. The summed E-state index contributed by atoms with van der Waals surface area (Å²) in [5, 5.41) is 8.73. The topological polar surface area (TPSA) is 59.4 Å². The van der Waals surface area contributed by atoms with Crippen molar-refractivity contribution in [2.75, 3.05) is 0 Å². The molecule has 0 bridgehead atoms. The smallest absolute Gasteiger partial charge is 0.337 e. The van der Waals surface area contributed by atoms with E-state index >= 15 is 0 Å². The molecule has 4 heteroatoms. The zero-order valence-electron chi connectivity index (χ0n) is 9.25. The number of rotatable bonds is 3. The second-order valence-corrected chi connectivity index (χ2v) is 3.56. The molecule has 0 saturated heterocycles. The average Bonchev–Trinajstić information content (AvgIpc) is 2.33. The molecule has 0 spiro atoms. The number of hydrogen-bond acceptors (Lipinski definition) is 3. The molecule has 2 rings (SSSR count). The van der Waals surface area contributed by atoms with Gasteiger partial charge >= 0.3 is 5.97 Å². The average molecular weight is 229 g/mol. The lowest BCUT2D eigenvalue weighted by Crippen LogP contribution is -1.97. The summed E-state index contributed by atoms with van der Waals surface area (Å²) in [4.78, 5) is 14.6. The van der Waals surface area contributed by atoms with E-state index in [-0.39, 0.29) is 5.56 Å². The largest absolute Gasteiger partial charge is 0.478 e. The van der Waals surface area contributed by atoms with E-state index in [0.29, 0.717) is 11.6 Å². The normalized spacial score (nSPS) is 9.94. The molecular formula is C13H11NO3. The van der Waals surface area contributed by atoms with Crippen molar-refractivity contribution in [1.82, 2.24) is 4.98 Å². The highest BCUT2D eigenvalue weighted by Crippen LogP contribution is 2.22. The van der Waals surface area contributed by atoms with Crippen molar-refractivity contribution in [2.24, 2.45) is 0 Å². The van der Waals surface area contributed by atoms with Crippen molar-refractivity contribution in [3.63, 3.8) is 0 Å². The number of hydrogen-bond donors (Lipinski definition) is 1. The van der Waals surface area contributed by atoms with E-state index in [1.165, 1.54) is 18.3 Å². The Hall–Kier alpha value is -2.36. The number of nitrogens with zero attached hydrogens (tertiary/aromatic N) is 1. The molecule has 2 aromatic rings. The molecule has 0 aliphatic rings. The molecule has 0 aliphatic carbocycles. The number of carboxylic acid groups (broad SMARTS) is 1. The first-order valence-corrected chi connectivity index (χ1v) is 5.09. The third kappa shape index (κ3) is 2.60. The van der Waals surface area contributed by atoms with Gasteiger partial charge in [-0.15, -0.1) is 0 Å². The predicted molar refractivity (Wildman–Crippen MR) is 62.4 cm³/mol. The summed E-state index contributed by atoms with van der Waals surface area (Å²) in [6.07, 6.45) is 1.27. The van der Waals surface area contributed by atoms with Crippen LogP contribution in [0.15, 0.2) is 42.6 Å². The fraction of sp³-hybridized carbons (Fsp3) is 0.0769. The van der Waals surface area contributed by atoms with Gasteiger partial charge in [0, 0.05) is 12.3 Å². The number of carboxylic acids is 1. The Bertz CT molecular complexity index is 535. The molecule has 1 N–H and O–H groups in total. The minimum absolute atomic E-state index is 0.141. The lowest BCUT2D eigenvalue weighted by molar-refractivity contribution is 0.0696. The van der Waals surface area contributed by atoms with E-state index in [2.05, 4.69) is 4.98 Å². The molecule has 0 unspecified atom stereocenters. The molecule has 4 nitrogen and oxygen atoms in total. The van der Waals surface area contributed by atoms with Gasteiger partial charge in [0.05, 0.1) is 5.56 Å². The summed E-state index contributed by atoms with van der Waals surface area (Å²) in [5.74, 6) is 0.0901. The molecule has 0 saturated carbocycles. The van der Waals surface area contributed by atoms with Crippen molar-refractivity contribution in [3.8, 4) is 11.6 Å². The highest BCUT2D eigenvalue weighted by molar-refractivity contribution is 5.87. The van der Waals surface area contributed by atoms with Gasteiger partial charge in [-0.05, 0) is 24.6 Å². The minimum Gasteiger partial charge on any atom is -0.478 e. The second kappa shape index (κ2) is 4.65. The number of ether oxygens (including phenoxy) is 1. The van der Waals surface area contributed by atoms with Crippen LogP contribution in [0.25, 0.3) is 0 Å². The molecule has 1 heterocycles. The van der Waals surface area contributed by atoms with Crippen LogP contribution in [-0.4, -0.2) is 16.1 Å². The lowest BCUT2D eigenvalue weighted by atomic mass is 10.2. The Morgan fingerprint density at radius 1 is 1.24 bits per heavy atom. The van der Waals surface area contributed by atoms with Gasteiger partial charge in [-0.3, -0.25) is 0 Å². The second-order valence-electron chi connectivity index (χ2n) is 3.56. The van der Waals surface area contributed by atoms with Crippen molar-refractivity contribution in [1.29, 1.82) is 0 Å². The molecule has 17 heavy (non-hydrogen) atoms. The first-order chi connectivity index (χ1) is 8.16. The Morgan fingerprint density at radius 3 is 2.59 bits per heavy atom. The Labute approximate surface area is 98.5 Å². The molecule has 0 fully saturated rings. The lowest BCUT2D eigenvalue weighted by Gasteiger charge is -2.07. The van der Waals surface area contributed by atoms with E-state index in [1.807, 2.05) is 31.2 Å². The fourth-order valence-electron chi connectivity index (χ4n) is 1.35. The molecular weight excluding hydrogens is 218 g/mol. The molecule has 0 atom stereocenters. The van der Waals surface area contributed by atoms with Crippen molar-refractivity contribution >= 4 is 5.97 Å². The molecule has 0 aliphatic heterocycles. The van der Waals surface area contributed by atoms with E-state index < -0.39 is 5.97 Å². The van der Waals surface area contributed by atoms with Gasteiger partial charge in [-0.2, -0.15) is 0 Å². The van der Waals surface area contributed by atoms with Crippen LogP contribution in [0, 0.1) is 6.92 Å². The van der Waals surface area contributed by atoms with Gasteiger partial charge in [-0.1, -0.05) is 18.2 Å². The van der Waals surface area contributed by atoms with Gasteiger partial charge in [-0.25, -0.2) is 9.78 Å². The maximum absolute atomic E-state index is 10.6. The highest BCUT2D eigenvalue weighted by Gasteiger charge is 2.05. The van der Waals surface area contributed by atoms with E-state index in [9.17, 15) is 4.79 Å². The van der Waals surface area contributed by atoms with Crippen LogP contribution < -0.4 is 4.74 Å². The molecule has 0 radical (unpaired) electrons. The summed E-state index contributed by atoms with van der Waals surface area (Å²) < 4.78 is 5.54. The first kappa shape index (κ1) is 11.1. The van der Waals surface area contributed by atoms with Crippen LogP contribution in [0.2, 0.25) is 0 Å². The van der Waals surface area contributed by atoms with Crippen LogP contribution in [0.3, 0.4) is 0 Å². The molecule has 86 valence electrons. The zero-order chi connectivity index (χ0) is 12.3. The quantitative estimate of drug-likeness (QED) is 0.879. The third-order valence-corrected chi connectivity index (χ3v) is 2.29. The fourth-order valence-corrected chi connectivity index (χ4v) is 1.35. The standard InChI is InChI=1S/C13H11NO3/c1-9-4-2-3-5-11(9)17-12-7-6-10(8-14-12)13(15)16/h2-8H,1H3,(H,15,16). The number of para-hydroxylation sites is 1. The van der Waals surface area contributed by atoms with Crippen LogP contribution in [0.4, 0.5) is 0 Å². The van der Waals surface area contributed by atoms with Crippen LogP contribution in [0.5, 0.6) is 11.6 Å². The van der Waals surface area contributed by atoms with Gasteiger partial charge in [0.1, 0.15) is 5.75 Å². The first-order valence-electron chi connectivity index (χ1n) is 5.09. The van der Waals surface area contributed by atoms with Gasteiger partial charge < -0.3 is 9.84 Å². The predicted octanol–water partition coefficient (Wildman–Crippen LogP) is 2.88. The van der Waals surface area contributed by atoms with Crippen molar-refractivity contribution < 1.29 is 14.6 Å². The van der Waals surface area contributed by atoms with Crippen LogP contribution in [0.1, 0.15) is 15.9 Å². The monoisotopic (exact) mass is 229 g/mol. The van der Waals surface area contributed by atoms with E-state index in [0.717, 1.165) is 5.56 Å². The SMILES string of the molecule is Cc1ccccc1Oc1ccc(C(=O)O)cn1. The maximum atomic E-state index is 10.6. The van der Waals surface area contributed by atoms with E-state index in [4.69, 9.17) is 9.84 Å². The molecule has 1 aromatic carbocycles. The van der Waals surface area contributed by atoms with Gasteiger partial charge in [0.2, 0.25) is 5.88 Å².